The molecule has 1 unspecified atom stereocenters. The van der Waals surface area contributed by atoms with Gasteiger partial charge in [-0.1, -0.05) is 0 Å². The smallest absolute Gasteiger partial charge is 0.308 e. The number of halogens is 12. The fraction of sp³-hybridized carbons (Fsp3) is 0.400. The Kier molecular flexibility index (Phi) is 15.9. The van der Waals surface area contributed by atoms with Gasteiger partial charge in [-0.15, -0.1) is 0 Å². The molecule has 3 rings (SSSR count). The van der Waals surface area contributed by atoms with Crippen molar-refractivity contribution < 1.29 is 112 Å². The van der Waals surface area contributed by atoms with Gasteiger partial charge in [-0.2, -0.15) is 0 Å². The van der Waals surface area contributed by atoms with Gasteiger partial charge in [0.1, 0.15) is 6.10 Å². The van der Waals surface area contributed by atoms with E-state index in [1.165, 1.54) is 0 Å². The van der Waals surface area contributed by atoms with E-state index >= 15 is 0 Å². The molecule has 0 aliphatic heterocycles. The van der Waals surface area contributed by atoms with Crippen LogP contribution in [0, 0.1) is 69.8 Å². The standard InChI is InChI=1S/C30H26F12O7.Zr/c1-11(47-8-15-24(37)18(31)12(5-44-2)19(32)25(15)38)30(43,48-9-16-26(39)20(33)13(6-45-3)21(34)27(16)40)49-10-17-28(41)22(35)14(7-46-4)23(36)29(17)42;/h11,43H,5-10H2,1-4H3;. The average Bonchev–Trinajstić information content (AvgIpc) is 3.07. The second-order valence-corrected chi connectivity index (χ2v) is 10.1. The number of benzene rings is 3. The molecule has 276 valence electrons. The molecule has 0 aliphatic carbocycles. The predicted octanol–water partition coefficient (Wildman–Crippen LogP) is 6.78. The third kappa shape index (κ3) is 8.71. The Morgan fingerprint density at radius 1 is 0.420 bits per heavy atom. The summed E-state index contributed by atoms with van der Waals surface area (Å²) in [6.45, 7) is -6.87. The van der Waals surface area contributed by atoms with Gasteiger partial charge in [-0.3, -0.25) is 0 Å². The van der Waals surface area contributed by atoms with Crippen molar-refractivity contribution >= 4 is 0 Å². The fourth-order valence-corrected chi connectivity index (χ4v) is 4.30. The molecule has 0 heterocycles. The van der Waals surface area contributed by atoms with Crippen LogP contribution in [0.15, 0.2) is 0 Å². The number of methoxy groups -OCH3 is 3. The van der Waals surface area contributed by atoms with Crippen LogP contribution in [0.25, 0.3) is 0 Å². The molecular weight excluding hydrogens is 792 g/mol. The molecule has 0 radical (unpaired) electrons. The molecular formula is C30H26F12O7Zr. The first-order valence-corrected chi connectivity index (χ1v) is 13.6. The molecule has 0 saturated carbocycles. The monoisotopic (exact) mass is 816 g/mol. The summed E-state index contributed by atoms with van der Waals surface area (Å²) in [7, 11) is 2.87. The second kappa shape index (κ2) is 18.3. The Labute approximate surface area is 295 Å². The predicted molar refractivity (Wildman–Crippen MR) is 140 cm³/mol. The largest absolute Gasteiger partial charge is 0.380 e. The average molecular weight is 818 g/mol. The molecule has 0 spiro atoms. The van der Waals surface area contributed by atoms with Gasteiger partial charge in [-0.05, 0) is 6.92 Å². The number of hydrogen-bond donors (Lipinski definition) is 1. The molecule has 0 fully saturated rings. The van der Waals surface area contributed by atoms with E-state index in [9.17, 15) is 57.8 Å². The first-order valence-electron chi connectivity index (χ1n) is 13.6. The zero-order valence-corrected chi connectivity index (χ0v) is 28.7. The van der Waals surface area contributed by atoms with Crippen LogP contribution in [0.2, 0.25) is 0 Å². The van der Waals surface area contributed by atoms with E-state index in [1.807, 2.05) is 0 Å². The van der Waals surface area contributed by atoms with Gasteiger partial charge in [0, 0.05) is 47.5 Å². The van der Waals surface area contributed by atoms with Gasteiger partial charge in [0.05, 0.1) is 73.0 Å². The van der Waals surface area contributed by atoms with E-state index in [0.29, 0.717) is 6.92 Å². The van der Waals surface area contributed by atoms with Gasteiger partial charge in [0.2, 0.25) is 0 Å². The van der Waals surface area contributed by atoms with Crippen molar-refractivity contribution in [2.45, 2.75) is 58.6 Å². The van der Waals surface area contributed by atoms with Gasteiger partial charge >= 0.3 is 5.97 Å². The minimum Gasteiger partial charge on any atom is -0.380 e. The van der Waals surface area contributed by atoms with E-state index < -0.39 is 155 Å². The third-order valence-corrected chi connectivity index (χ3v) is 7.04. The minimum atomic E-state index is -3.63. The summed E-state index contributed by atoms with van der Waals surface area (Å²) in [5, 5.41) is 11.1. The molecule has 0 bridgehead atoms. The number of hydrogen-bond acceptors (Lipinski definition) is 7. The summed E-state index contributed by atoms with van der Waals surface area (Å²) < 4.78 is 203. The third-order valence-electron chi connectivity index (χ3n) is 7.04. The summed E-state index contributed by atoms with van der Waals surface area (Å²) in [5.74, 6) is -27.5. The van der Waals surface area contributed by atoms with Crippen LogP contribution >= 0.6 is 0 Å². The number of ether oxygens (including phenoxy) is 6. The van der Waals surface area contributed by atoms with Crippen molar-refractivity contribution in [1.29, 1.82) is 0 Å². The van der Waals surface area contributed by atoms with Crippen molar-refractivity contribution in [2.24, 2.45) is 0 Å². The van der Waals surface area contributed by atoms with Crippen LogP contribution < -0.4 is 0 Å². The quantitative estimate of drug-likeness (QED) is 0.0972. The van der Waals surface area contributed by atoms with Gasteiger partial charge in [0.25, 0.3) is 0 Å². The SMILES string of the molecule is COCc1c(F)c(F)c(COC(C)C(O)(OCc2c(F)c(F)c(COC)c(F)c2F)OCc2c(F)c(F)c(COC)c(F)c2F)c(F)c1F.[Zr]. The van der Waals surface area contributed by atoms with Crippen LogP contribution in [0.5, 0.6) is 0 Å². The minimum absolute atomic E-state index is 0. The molecule has 1 N–H and O–H groups in total. The number of aliphatic hydroxyl groups is 1. The van der Waals surface area contributed by atoms with Crippen molar-refractivity contribution in [3.8, 4) is 0 Å². The van der Waals surface area contributed by atoms with E-state index in [4.69, 9.17) is 14.2 Å². The first-order chi connectivity index (χ1) is 23.0. The molecule has 0 saturated heterocycles. The molecule has 0 aromatic heterocycles. The van der Waals surface area contributed by atoms with Crippen molar-refractivity contribution in [2.75, 3.05) is 21.3 Å². The Morgan fingerprint density at radius 2 is 0.620 bits per heavy atom. The van der Waals surface area contributed by atoms with Crippen molar-refractivity contribution in [3.63, 3.8) is 0 Å². The second-order valence-electron chi connectivity index (χ2n) is 10.1. The molecule has 7 nitrogen and oxygen atoms in total. The van der Waals surface area contributed by atoms with Crippen LogP contribution in [0.1, 0.15) is 40.3 Å². The first kappa shape index (κ1) is 43.6. The maximum Gasteiger partial charge on any atom is 0.308 e. The van der Waals surface area contributed by atoms with E-state index in [-0.39, 0.29) is 26.2 Å². The van der Waals surface area contributed by atoms with Gasteiger partial charge in [-0.25, -0.2) is 52.7 Å². The Bertz CT molecular complexity index is 1530. The molecule has 3 aromatic carbocycles. The maximum atomic E-state index is 14.7. The molecule has 3 aromatic rings. The zero-order valence-electron chi connectivity index (χ0n) is 26.3. The summed E-state index contributed by atoms with van der Waals surface area (Å²) in [5.41, 5.74) is -8.02. The van der Waals surface area contributed by atoms with Crippen LogP contribution in [0.3, 0.4) is 0 Å². The van der Waals surface area contributed by atoms with Crippen LogP contribution in [0.4, 0.5) is 52.7 Å². The Balaban J connectivity index is 0.00000867. The Morgan fingerprint density at radius 3 is 0.840 bits per heavy atom. The van der Waals surface area contributed by atoms with Gasteiger partial charge in [0.15, 0.2) is 69.8 Å². The fourth-order valence-electron chi connectivity index (χ4n) is 4.30. The molecule has 0 amide bonds. The molecule has 0 aliphatic rings. The van der Waals surface area contributed by atoms with E-state index in [1.54, 1.807) is 0 Å². The van der Waals surface area contributed by atoms with Crippen molar-refractivity contribution in [3.05, 3.63) is 103 Å². The summed E-state index contributed by atoms with van der Waals surface area (Å²) in [6.07, 6.45) is -2.27. The topological polar surface area (TPSA) is 75.6 Å². The van der Waals surface area contributed by atoms with E-state index in [2.05, 4.69) is 14.2 Å². The number of rotatable bonds is 16. The summed E-state index contributed by atoms with van der Waals surface area (Å²) in [6, 6.07) is 0. The molecule has 20 heteroatoms. The maximum absolute atomic E-state index is 14.7. The Hall–Kier alpha value is -2.58. The van der Waals surface area contributed by atoms with Crippen molar-refractivity contribution in [1.82, 2.24) is 0 Å². The summed E-state index contributed by atoms with van der Waals surface area (Å²) in [4.78, 5) is 0. The van der Waals surface area contributed by atoms with E-state index in [0.717, 1.165) is 21.3 Å². The molecule has 50 heavy (non-hydrogen) atoms. The molecule has 1 atom stereocenters. The summed E-state index contributed by atoms with van der Waals surface area (Å²) >= 11 is 0. The van der Waals surface area contributed by atoms with Crippen LogP contribution in [-0.2, 0) is 94.3 Å². The normalized spacial score (nSPS) is 12.4. The van der Waals surface area contributed by atoms with Gasteiger partial charge < -0.3 is 33.5 Å². The van der Waals surface area contributed by atoms with Crippen LogP contribution in [-0.4, -0.2) is 38.5 Å². The zero-order chi connectivity index (χ0) is 37.0.